The van der Waals surface area contributed by atoms with Gasteiger partial charge in [-0.25, -0.2) is 9.18 Å². The standard InChI is InChI=1S/C13H14FNO4/c14-11-4-3-9(6-10(11)13(18)19)15-5-1-2-8(7-15)12(16)17/h3-4,6,8H,1-2,5,7H2,(H,16,17)(H,18,19). The Hall–Kier alpha value is -2.11. The predicted molar refractivity (Wildman–Crippen MR) is 65.9 cm³/mol. The van der Waals surface area contributed by atoms with Gasteiger partial charge in [-0.1, -0.05) is 0 Å². The Morgan fingerprint density at radius 2 is 2.05 bits per heavy atom. The highest BCUT2D eigenvalue weighted by Crippen LogP contribution is 2.25. The highest BCUT2D eigenvalue weighted by atomic mass is 19.1. The number of hydrogen-bond donors (Lipinski definition) is 2. The maximum atomic E-state index is 13.3. The zero-order valence-corrected chi connectivity index (χ0v) is 10.2. The molecule has 1 aliphatic heterocycles. The van der Waals surface area contributed by atoms with Crippen LogP contribution in [0.2, 0.25) is 0 Å². The normalized spacial score (nSPS) is 19.2. The van der Waals surface area contributed by atoms with Gasteiger partial charge in [-0.3, -0.25) is 4.79 Å². The van der Waals surface area contributed by atoms with Gasteiger partial charge in [-0.15, -0.1) is 0 Å². The number of benzene rings is 1. The topological polar surface area (TPSA) is 77.8 Å². The van der Waals surface area contributed by atoms with Crippen molar-refractivity contribution in [2.24, 2.45) is 5.92 Å². The van der Waals surface area contributed by atoms with E-state index in [0.717, 1.165) is 12.5 Å². The van der Waals surface area contributed by atoms with Crippen LogP contribution in [0.4, 0.5) is 10.1 Å². The molecule has 0 radical (unpaired) electrons. The summed E-state index contributed by atoms with van der Waals surface area (Å²) < 4.78 is 13.3. The van der Waals surface area contributed by atoms with E-state index in [2.05, 4.69) is 0 Å². The van der Waals surface area contributed by atoms with E-state index in [-0.39, 0.29) is 0 Å². The minimum Gasteiger partial charge on any atom is -0.481 e. The van der Waals surface area contributed by atoms with Crippen LogP contribution in [0.1, 0.15) is 23.2 Å². The fourth-order valence-electron chi connectivity index (χ4n) is 2.29. The van der Waals surface area contributed by atoms with Gasteiger partial charge in [0.15, 0.2) is 0 Å². The molecule has 0 saturated carbocycles. The Kier molecular flexibility index (Phi) is 3.69. The second kappa shape index (κ2) is 5.26. The number of rotatable bonds is 3. The lowest BCUT2D eigenvalue weighted by Gasteiger charge is -2.32. The third-order valence-electron chi connectivity index (χ3n) is 3.32. The van der Waals surface area contributed by atoms with Crippen molar-refractivity contribution in [2.45, 2.75) is 12.8 Å². The molecule has 0 aliphatic carbocycles. The van der Waals surface area contributed by atoms with Crippen LogP contribution < -0.4 is 4.90 Å². The van der Waals surface area contributed by atoms with Crippen molar-refractivity contribution < 1.29 is 24.2 Å². The van der Waals surface area contributed by atoms with Gasteiger partial charge in [0.25, 0.3) is 0 Å². The van der Waals surface area contributed by atoms with Gasteiger partial charge >= 0.3 is 11.9 Å². The van der Waals surface area contributed by atoms with Crippen LogP contribution in [-0.2, 0) is 4.79 Å². The largest absolute Gasteiger partial charge is 0.481 e. The zero-order chi connectivity index (χ0) is 14.0. The smallest absolute Gasteiger partial charge is 0.338 e. The Morgan fingerprint density at radius 1 is 1.32 bits per heavy atom. The Balaban J connectivity index is 2.24. The molecule has 1 aliphatic rings. The number of aromatic carboxylic acids is 1. The first-order valence-corrected chi connectivity index (χ1v) is 5.99. The van der Waals surface area contributed by atoms with E-state index in [1.54, 1.807) is 4.90 Å². The predicted octanol–water partition coefficient (Wildman–Crippen LogP) is 1.82. The molecule has 1 aromatic rings. The first kappa shape index (κ1) is 13.3. The second-order valence-corrected chi connectivity index (χ2v) is 4.59. The third kappa shape index (κ3) is 2.83. The van der Waals surface area contributed by atoms with Gasteiger partial charge in [-0.05, 0) is 31.0 Å². The van der Waals surface area contributed by atoms with E-state index in [1.165, 1.54) is 12.1 Å². The molecular weight excluding hydrogens is 253 g/mol. The molecule has 1 fully saturated rings. The summed E-state index contributed by atoms with van der Waals surface area (Å²) >= 11 is 0. The first-order chi connectivity index (χ1) is 8.99. The van der Waals surface area contributed by atoms with Crippen LogP contribution in [0.3, 0.4) is 0 Å². The number of nitrogens with zero attached hydrogens (tertiary/aromatic N) is 1. The number of piperidine rings is 1. The number of carbonyl (C=O) groups is 2. The van der Waals surface area contributed by atoms with Gasteiger partial charge in [-0.2, -0.15) is 0 Å². The Labute approximate surface area is 109 Å². The molecule has 2 rings (SSSR count). The number of hydrogen-bond acceptors (Lipinski definition) is 3. The van der Waals surface area contributed by atoms with Crippen LogP contribution >= 0.6 is 0 Å². The van der Waals surface area contributed by atoms with E-state index < -0.39 is 29.2 Å². The van der Waals surface area contributed by atoms with E-state index in [4.69, 9.17) is 10.2 Å². The molecule has 19 heavy (non-hydrogen) atoms. The monoisotopic (exact) mass is 267 g/mol. The highest BCUT2D eigenvalue weighted by molar-refractivity contribution is 5.89. The lowest BCUT2D eigenvalue weighted by Crippen LogP contribution is -2.38. The average Bonchev–Trinajstić information content (AvgIpc) is 2.39. The van der Waals surface area contributed by atoms with Crippen molar-refractivity contribution >= 4 is 17.6 Å². The van der Waals surface area contributed by atoms with Crippen LogP contribution in [0, 0.1) is 11.7 Å². The van der Waals surface area contributed by atoms with E-state index in [9.17, 15) is 14.0 Å². The first-order valence-electron chi connectivity index (χ1n) is 5.99. The van der Waals surface area contributed by atoms with Crippen LogP contribution in [0.15, 0.2) is 18.2 Å². The average molecular weight is 267 g/mol. The summed E-state index contributed by atoms with van der Waals surface area (Å²) in [5, 5.41) is 17.9. The minimum atomic E-state index is -1.33. The van der Waals surface area contributed by atoms with Crippen molar-refractivity contribution in [3.05, 3.63) is 29.6 Å². The molecule has 2 N–H and O–H groups in total. The molecule has 1 saturated heterocycles. The quantitative estimate of drug-likeness (QED) is 0.873. The summed E-state index contributed by atoms with van der Waals surface area (Å²) in [5.74, 6) is -3.44. The molecule has 0 spiro atoms. The second-order valence-electron chi connectivity index (χ2n) is 4.59. The SMILES string of the molecule is O=C(O)c1cc(N2CCCC(C(=O)O)C2)ccc1F. The minimum absolute atomic E-state index is 0.319. The molecule has 102 valence electrons. The number of carboxylic acid groups (broad SMARTS) is 2. The summed E-state index contributed by atoms with van der Waals surface area (Å²) in [6.07, 6.45) is 1.33. The van der Waals surface area contributed by atoms with Gasteiger partial charge < -0.3 is 15.1 Å². The number of carboxylic acids is 2. The molecule has 1 heterocycles. The molecule has 5 nitrogen and oxygen atoms in total. The fourth-order valence-corrected chi connectivity index (χ4v) is 2.29. The third-order valence-corrected chi connectivity index (χ3v) is 3.32. The van der Waals surface area contributed by atoms with Gasteiger partial charge in [0.1, 0.15) is 5.82 Å². The summed E-state index contributed by atoms with van der Waals surface area (Å²) in [5.41, 5.74) is 0.152. The molecule has 0 bridgehead atoms. The molecule has 0 aromatic heterocycles. The van der Waals surface area contributed by atoms with E-state index in [1.807, 2.05) is 0 Å². The molecule has 1 aromatic carbocycles. The van der Waals surface area contributed by atoms with Crippen molar-refractivity contribution in [2.75, 3.05) is 18.0 Å². The number of anilines is 1. The molecular formula is C13H14FNO4. The lowest BCUT2D eigenvalue weighted by atomic mass is 9.97. The fraction of sp³-hybridized carbons (Fsp3) is 0.385. The maximum absolute atomic E-state index is 13.3. The highest BCUT2D eigenvalue weighted by Gasteiger charge is 2.26. The molecule has 1 unspecified atom stereocenters. The van der Waals surface area contributed by atoms with E-state index >= 15 is 0 Å². The number of halogens is 1. The van der Waals surface area contributed by atoms with Crippen molar-refractivity contribution in [1.82, 2.24) is 0 Å². The summed E-state index contributed by atoms with van der Waals surface area (Å²) in [7, 11) is 0. The zero-order valence-electron chi connectivity index (χ0n) is 10.2. The van der Waals surface area contributed by atoms with Gasteiger partial charge in [0, 0.05) is 18.8 Å². The molecule has 1 atom stereocenters. The van der Waals surface area contributed by atoms with Gasteiger partial charge in [0.05, 0.1) is 11.5 Å². The molecule has 0 amide bonds. The van der Waals surface area contributed by atoms with E-state index in [0.29, 0.717) is 25.2 Å². The molecule has 6 heteroatoms. The van der Waals surface area contributed by atoms with Crippen LogP contribution in [0.5, 0.6) is 0 Å². The van der Waals surface area contributed by atoms with Crippen LogP contribution in [0.25, 0.3) is 0 Å². The van der Waals surface area contributed by atoms with Crippen LogP contribution in [-0.4, -0.2) is 35.2 Å². The lowest BCUT2D eigenvalue weighted by molar-refractivity contribution is -0.141. The number of aliphatic carboxylic acids is 1. The van der Waals surface area contributed by atoms with Crippen molar-refractivity contribution in [3.63, 3.8) is 0 Å². The summed E-state index contributed by atoms with van der Waals surface area (Å²) in [4.78, 5) is 23.6. The Bertz CT molecular complexity index is 517. The van der Waals surface area contributed by atoms with Gasteiger partial charge in [0.2, 0.25) is 0 Å². The summed E-state index contributed by atoms with van der Waals surface area (Å²) in [6, 6.07) is 3.83. The summed E-state index contributed by atoms with van der Waals surface area (Å²) in [6.45, 7) is 0.967. The van der Waals surface area contributed by atoms with Crippen molar-refractivity contribution in [1.29, 1.82) is 0 Å². The Morgan fingerprint density at radius 3 is 2.68 bits per heavy atom. The maximum Gasteiger partial charge on any atom is 0.338 e. The van der Waals surface area contributed by atoms with Crippen molar-refractivity contribution in [3.8, 4) is 0 Å².